The number of hydrogen-bond donors (Lipinski definition) is 0. The highest BCUT2D eigenvalue weighted by Crippen LogP contribution is 2.25. The van der Waals surface area contributed by atoms with Crippen LogP contribution >= 0.6 is 0 Å². The highest BCUT2D eigenvalue weighted by molar-refractivity contribution is 6.01. The first kappa shape index (κ1) is 20.4. The summed E-state index contributed by atoms with van der Waals surface area (Å²) in [7, 11) is 1.34. The van der Waals surface area contributed by atoms with Gasteiger partial charge in [0.25, 0.3) is 0 Å². The zero-order chi connectivity index (χ0) is 21.1. The van der Waals surface area contributed by atoms with Gasteiger partial charge < -0.3 is 18.5 Å². The highest BCUT2D eigenvalue weighted by atomic mass is 16.5. The molecule has 0 amide bonds. The summed E-state index contributed by atoms with van der Waals surface area (Å²) in [4.78, 5) is 36.4. The van der Waals surface area contributed by atoms with E-state index in [1.165, 1.54) is 7.11 Å². The maximum atomic E-state index is 12.6. The van der Waals surface area contributed by atoms with Gasteiger partial charge in [-0.2, -0.15) is 0 Å². The highest BCUT2D eigenvalue weighted by Gasteiger charge is 2.22. The predicted molar refractivity (Wildman–Crippen MR) is 106 cm³/mol. The summed E-state index contributed by atoms with van der Waals surface area (Å²) in [6, 6.07) is 9.04. The first-order chi connectivity index (χ1) is 13.8. The first-order valence-corrected chi connectivity index (χ1v) is 9.25. The minimum absolute atomic E-state index is 0.0996. The van der Waals surface area contributed by atoms with Crippen molar-refractivity contribution in [1.82, 2.24) is 4.57 Å². The molecule has 0 saturated carbocycles. The number of para-hydroxylation sites is 1. The van der Waals surface area contributed by atoms with E-state index in [0.717, 1.165) is 11.1 Å². The average molecular weight is 397 g/mol. The Bertz CT molecular complexity index is 1090. The molecule has 3 aromatic rings. The summed E-state index contributed by atoms with van der Waals surface area (Å²) in [5.74, 6) is -1.21. The number of hydrogen-bond acceptors (Lipinski definition) is 6. The Kier molecular flexibility index (Phi) is 5.87. The summed E-state index contributed by atoms with van der Waals surface area (Å²) < 4.78 is 17.3. The molecule has 7 nitrogen and oxygen atoms in total. The third-order valence-corrected chi connectivity index (χ3v) is 5.00. The summed E-state index contributed by atoms with van der Waals surface area (Å²) in [6.45, 7) is 5.44. The Labute approximate surface area is 168 Å². The zero-order valence-electron chi connectivity index (χ0n) is 16.9. The monoisotopic (exact) mass is 397 g/mol. The van der Waals surface area contributed by atoms with Crippen molar-refractivity contribution in [3.63, 3.8) is 0 Å². The van der Waals surface area contributed by atoms with Crippen LogP contribution < -0.4 is 0 Å². The second-order valence-corrected chi connectivity index (χ2v) is 6.81. The molecule has 152 valence electrons. The molecule has 0 unspecified atom stereocenters. The Morgan fingerprint density at radius 3 is 2.52 bits per heavy atom. The van der Waals surface area contributed by atoms with Gasteiger partial charge in [0.2, 0.25) is 11.5 Å². The Morgan fingerprint density at radius 2 is 1.83 bits per heavy atom. The predicted octanol–water partition coefficient (Wildman–Crippen LogP) is 3.76. The lowest BCUT2D eigenvalue weighted by molar-refractivity contribution is -0.140. The van der Waals surface area contributed by atoms with Gasteiger partial charge >= 0.3 is 11.9 Å². The summed E-state index contributed by atoms with van der Waals surface area (Å²) in [6.07, 6.45) is 0.209. The van der Waals surface area contributed by atoms with E-state index in [1.54, 1.807) is 26.0 Å². The number of ether oxygens (including phenoxy) is 2. The van der Waals surface area contributed by atoms with E-state index < -0.39 is 12.6 Å². The maximum absolute atomic E-state index is 12.6. The molecule has 3 rings (SSSR count). The van der Waals surface area contributed by atoms with E-state index in [0.29, 0.717) is 28.9 Å². The van der Waals surface area contributed by atoms with Gasteiger partial charge in [0.05, 0.1) is 13.5 Å². The molecule has 1 aromatic carbocycles. The van der Waals surface area contributed by atoms with Crippen molar-refractivity contribution in [2.24, 2.45) is 0 Å². The largest absolute Gasteiger partial charge is 0.469 e. The number of methoxy groups -OCH3 is 1. The van der Waals surface area contributed by atoms with Crippen molar-refractivity contribution < 1.29 is 28.3 Å². The number of esters is 2. The van der Waals surface area contributed by atoms with Crippen LogP contribution in [0.4, 0.5) is 0 Å². The number of fused-ring (bicyclic) bond motifs is 1. The molecule has 0 aliphatic carbocycles. The first-order valence-electron chi connectivity index (χ1n) is 9.25. The van der Waals surface area contributed by atoms with Gasteiger partial charge in [-0.15, -0.1) is 0 Å². The summed E-state index contributed by atoms with van der Waals surface area (Å²) in [5, 5.41) is 0.833. The number of nitrogens with zero attached hydrogens (tertiary/aromatic N) is 1. The molecule has 0 spiro atoms. The van der Waals surface area contributed by atoms with Gasteiger partial charge in [-0.25, -0.2) is 4.79 Å². The molecular formula is C22H23NO6. The van der Waals surface area contributed by atoms with Gasteiger partial charge in [0.1, 0.15) is 5.58 Å². The van der Waals surface area contributed by atoms with Crippen LogP contribution in [0.5, 0.6) is 0 Å². The molecule has 7 heteroatoms. The molecule has 0 saturated heterocycles. The fraction of sp³-hybridized carbons (Fsp3) is 0.318. The minimum Gasteiger partial charge on any atom is -0.469 e. The molecule has 2 aromatic heterocycles. The van der Waals surface area contributed by atoms with E-state index >= 15 is 0 Å². The maximum Gasteiger partial charge on any atom is 0.375 e. The van der Waals surface area contributed by atoms with Crippen LogP contribution in [0, 0.1) is 20.8 Å². The standard InChI is InChI=1S/C22H23NO6/c1-13-11-17(15(3)23(13)10-9-20(25)27-4)18(24)12-28-22(26)21-14(2)16-7-5-6-8-19(16)29-21/h5-8,11H,9-10,12H2,1-4H3. The smallest absolute Gasteiger partial charge is 0.375 e. The van der Waals surface area contributed by atoms with Crippen LogP contribution in [0.3, 0.4) is 0 Å². The van der Waals surface area contributed by atoms with E-state index in [4.69, 9.17) is 9.15 Å². The van der Waals surface area contributed by atoms with E-state index in [9.17, 15) is 14.4 Å². The summed E-state index contributed by atoms with van der Waals surface area (Å²) >= 11 is 0. The van der Waals surface area contributed by atoms with Gasteiger partial charge in [-0.05, 0) is 32.9 Å². The van der Waals surface area contributed by atoms with Crippen molar-refractivity contribution in [3.8, 4) is 0 Å². The Balaban J connectivity index is 1.69. The topological polar surface area (TPSA) is 87.7 Å². The molecule has 0 aliphatic rings. The number of benzene rings is 1. The quantitative estimate of drug-likeness (QED) is 0.446. The van der Waals surface area contributed by atoms with Crippen LogP contribution in [0.25, 0.3) is 11.0 Å². The Hall–Kier alpha value is -3.35. The lowest BCUT2D eigenvalue weighted by Crippen LogP contribution is -2.15. The number of aromatic nitrogens is 1. The third-order valence-electron chi connectivity index (χ3n) is 5.00. The van der Waals surface area contributed by atoms with E-state index in [2.05, 4.69) is 4.74 Å². The molecule has 0 bridgehead atoms. The molecular weight excluding hydrogens is 374 g/mol. The average Bonchev–Trinajstić information content (AvgIpc) is 3.20. The van der Waals surface area contributed by atoms with Gasteiger partial charge in [0.15, 0.2) is 6.61 Å². The van der Waals surface area contributed by atoms with Crippen molar-refractivity contribution >= 4 is 28.7 Å². The number of rotatable bonds is 7. The van der Waals surface area contributed by atoms with Gasteiger partial charge in [-0.1, -0.05) is 18.2 Å². The SMILES string of the molecule is COC(=O)CCn1c(C)cc(C(=O)COC(=O)c2oc3ccccc3c2C)c1C. The second-order valence-electron chi connectivity index (χ2n) is 6.81. The van der Waals surface area contributed by atoms with Crippen molar-refractivity contribution in [1.29, 1.82) is 0 Å². The van der Waals surface area contributed by atoms with Crippen molar-refractivity contribution in [3.05, 3.63) is 58.6 Å². The van der Waals surface area contributed by atoms with E-state index in [-0.39, 0.29) is 23.9 Å². The minimum atomic E-state index is -0.674. The molecule has 0 aliphatic heterocycles. The van der Waals surface area contributed by atoms with Crippen LogP contribution in [0.2, 0.25) is 0 Å². The number of carbonyl (C=O) groups is 3. The molecule has 0 atom stereocenters. The van der Waals surface area contributed by atoms with Gasteiger partial charge in [-0.3, -0.25) is 9.59 Å². The Morgan fingerprint density at radius 1 is 1.10 bits per heavy atom. The molecule has 2 heterocycles. The van der Waals surface area contributed by atoms with Crippen molar-refractivity contribution in [2.45, 2.75) is 33.7 Å². The van der Waals surface area contributed by atoms with Gasteiger partial charge in [0, 0.05) is 34.4 Å². The number of carbonyl (C=O) groups excluding carboxylic acids is 3. The molecule has 29 heavy (non-hydrogen) atoms. The fourth-order valence-electron chi connectivity index (χ4n) is 3.38. The molecule has 0 N–H and O–H groups in total. The van der Waals surface area contributed by atoms with Crippen molar-refractivity contribution in [2.75, 3.05) is 13.7 Å². The second kappa shape index (κ2) is 8.34. The summed E-state index contributed by atoms with van der Waals surface area (Å²) in [5.41, 5.74) is 3.29. The number of Topliss-reactive ketones (excluding diaryl/α,β-unsaturated/α-hetero) is 1. The molecule has 0 fully saturated rings. The zero-order valence-corrected chi connectivity index (χ0v) is 16.9. The van der Waals surface area contributed by atoms with E-state index in [1.807, 2.05) is 29.7 Å². The number of furan rings is 1. The number of aryl methyl sites for hydroxylation is 2. The lowest BCUT2D eigenvalue weighted by atomic mass is 10.1. The fourth-order valence-corrected chi connectivity index (χ4v) is 3.38. The van der Waals surface area contributed by atoms with Crippen LogP contribution in [0.15, 0.2) is 34.7 Å². The van der Waals surface area contributed by atoms with Crippen LogP contribution in [-0.2, 0) is 20.8 Å². The normalized spacial score (nSPS) is 10.9. The molecule has 0 radical (unpaired) electrons. The third kappa shape index (κ3) is 4.08. The lowest BCUT2D eigenvalue weighted by Gasteiger charge is -2.09. The van der Waals surface area contributed by atoms with Crippen LogP contribution in [-0.4, -0.2) is 36.0 Å². The number of ketones is 1. The van der Waals surface area contributed by atoms with Crippen LogP contribution in [0.1, 0.15) is 44.3 Å².